The van der Waals surface area contributed by atoms with E-state index in [0.717, 1.165) is 14.9 Å². The third-order valence-electron chi connectivity index (χ3n) is 5.95. The number of hydrogen-bond acceptors (Lipinski definition) is 5. The van der Waals surface area contributed by atoms with Crippen molar-refractivity contribution in [1.82, 2.24) is 5.32 Å². The van der Waals surface area contributed by atoms with Gasteiger partial charge >= 0.3 is 0 Å². The number of thioether (sulfide) groups is 1. The van der Waals surface area contributed by atoms with Gasteiger partial charge in [0.2, 0.25) is 5.91 Å². The van der Waals surface area contributed by atoms with Crippen molar-refractivity contribution in [2.45, 2.75) is 24.0 Å². The van der Waals surface area contributed by atoms with Crippen molar-refractivity contribution >= 4 is 62.9 Å². The van der Waals surface area contributed by atoms with Crippen LogP contribution in [0.1, 0.15) is 29.8 Å². The summed E-state index contributed by atoms with van der Waals surface area (Å²) in [6.45, 7) is 4.22. The van der Waals surface area contributed by atoms with Crippen molar-refractivity contribution in [2.24, 2.45) is 0 Å². The minimum atomic E-state index is -0.469. The number of para-hydroxylation sites is 2. The van der Waals surface area contributed by atoms with Crippen molar-refractivity contribution in [3.63, 3.8) is 0 Å². The van der Waals surface area contributed by atoms with Crippen molar-refractivity contribution in [3.8, 4) is 5.75 Å². The monoisotopic (exact) mass is 643 g/mol. The van der Waals surface area contributed by atoms with Gasteiger partial charge in [-0.15, -0.1) is 11.8 Å². The fourth-order valence-corrected chi connectivity index (χ4v) is 4.96. The number of hydrogen-bond donors (Lipinski definition) is 3. The van der Waals surface area contributed by atoms with Gasteiger partial charge in [-0.3, -0.25) is 14.4 Å². The summed E-state index contributed by atoms with van der Waals surface area (Å²) in [6, 6.07) is 30.6. The van der Waals surface area contributed by atoms with Crippen LogP contribution < -0.4 is 20.7 Å². The molecule has 0 aliphatic rings. The standard InChI is InChI=1S/C33H30BrN3O4S/c1-3-41-30-12-8-7-11-28(30)36-31(38)22(2)42-27-19-17-26(18-20-27)35-33(40)29(21-23-13-15-25(34)16-14-23)37-32(39)24-9-5-4-6-10-24/h4-22H,3H2,1-2H3,(H,35,40)(H,36,38)(H,37,39)/b29-21-. The van der Waals surface area contributed by atoms with E-state index in [-0.39, 0.29) is 16.9 Å². The molecule has 4 aromatic rings. The summed E-state index contributed by atoms with van der Waals surface area (Å²) in [4.78, 5) is 39.8. The zero-order valence-electron chi connectivity index (χ0n) is 23.1. The molecule has 0 aliphatic carbocycles. The number of carbonyl (C=O) groups is 3. The first-order valence-electron chi connectivity index (χ1n) is 13.3. The number of benzene rings is 4. The normalized spacial score (nSPS) is 11.7. The lowest BCUT2D eigenvalue weighted by atomic mass is 10.1. The third kappa shape index (κ3) is 8.83. The van der Waals surface area contributed by atoms with Crippen molar-refractivity contribution in [2.75, 3.05) is 17.2 Å². The molecule has 1 unspecified atom stereocenters. The lowest BCUT2D eigenvalue weighted by Crippen LogP contribution is -2.30. The summed E-state index contributed by atoms with van der Waals surface area (Å²) in [6.07, 6.45) is 1.62. The van der Waals surface area contributed by atoms with E-state index in [4.69, 9.17) is 4.74 Å². The Balaban J connectivity index is 1.42. The van der Waals surface area contributed by atoms with Gasteiger partial charge in [-0.05, 0) is 86.2 Å². The molecule has 0 aliphatic heterocycles. The summed E-state index contributed by atoms with van der Waals surface area (Å²) >= 11 is 4.80. The predicted octanol–water partition coefficient (Wildman–Crippen LogP) is 7.38. The lowest BCUT2D eigenvalue weighted by molar-refractivity contribution is -0.115. The Morgan fingerprint density at radius 2 is 1.52 bits per heavy atom. The van der Waals surface area contributed by atoms with E-state index >= 15 is 0 Å². The van der Waals surface area contributed by atoms with Gasteiger partial charge in [-0.25, -0.2) is 0 Å². The summed E-state index contributed by atoms with van der Waals surface area (Å²) in [5.41, 5.74) is 2.46. The Kier molecular flexibility index (Phi) is 11.0. The van der Waals surface area contributed by atoms with Crippen LogP contribution >= 0.6 is 27.7 Å². The van der Waals surface area contributed by atoms with E-state index in [2.05, 4.69) is 31.9 Å². The van der Waals surface area contributed by atoms with E-state index in [9.17, 15) is 14.4 Å². The summed E-state index contributed by atoms with van der Waals surface area (Å²) < 4.78 is 6.50. The largest absolute Gasteiger partial charge is 0.492 e. The molecule has 0 aromatic heterocycles. The van der Waals surface area contributed by atoms with E-state index in [0.29, 0.717) is 29.3 Å². The van der Waals surface area contributed by atoms with Gasteiger partial charge in [-0.1, -0.05) is 58.4 Å². The fraction of sp³-hybridized carbons (Fsp3) is 0.121. The van der Waals surface area contributed by atoms with Crippen LogP contribution in [0.3, 0.4) is 0 Å². The Labute approximate surface area is 257 Å². The van der Waals surface area contributed by atoms with E-state index in [1.165, 1.54) is 11.8 Å². The maximum absolute atomic E-state index is 13.3. The highest BCUT2D eigenvalue weighted by molar-refractivity contribution is 9.10. The second-order valence-electron chi connectivity index (χ2n) is 9.09. The van der Waals surface area contributed by atoms with Crippen LogP contribution in [0.25, 0.3) is 6.08 Å². The molecule has 0 spiro atoms. The average molecular weight is 645 g/mol. The number of rotatable bonds is 11. The van der Waals surface area contributed by atoms with Gasteiger partial charge in [0.05, 0.1) is 17.5 Å². The molecule has 0 heterocycles. The number of nitrogens with one attached hydrogen (secondary N) is 3. The topological polar surface area (TPSA) is 96.5 Å². The van der Waals surface area contributed by atoms with Gasteiger partial charge in [0.1, 0.15) is 11.4 Å². The highest BCUT2D eigenvalue weighted by Gasteiger charge is 2.18. The van der Waals surface area contributed by atoms with Crippen LogP contribution in [0.2, 0.25) is 0 Å². The quantitative estimate of drug-likeness (QED) is 0.117. The maximum atomic E-state index is 13.3. The number of ether oxygens (including phenoxy) is 1. The molecule has 1 atom stereocenters. The molecule has 42 heavy (non-hydrogen) atoms. The second kappa shape index (κ2) is 15.0. The van der Waals surface area contributed by atoms with Crippen molar-refractivity contribution in [1.29, 1.82) is 0 Å². The van der Waals surface area contributed by atoms with Crippen molar-refractivity contribution < 1.29 is 19.1 Å². The molecule has 3 N–H and O–H groups in total. The molecule has 9 heteroatoms. The van der Waals surface area contributed by atoms with Gasteiger partial charge in [0.15, 0.2) is 0 Å². The third-order valence-corrected chi connectivity index (χ3v) is 7.59. The number of anilines is 2. The van der Waals surface area contributed by atoms with E-state index in [1.807, 2.05) is 74.5 Å². The highest BCUT2D eigenvalue weighted by atomic mass is 79.9. The van der Waals surface area contributed by atoms with Crippen LogP contribution in [0.15, 0.2) is 118 Å². The smallest absolute Gasteiger partial charge is 0.272 e. The molecule has 4 rings (SSSR count). The first kappa shape index (κ1) is 30.6. The zero-order valence-corrected chi connectivity index (χ0v) is 25.5. The van der Waals surface area contributed by atoms with Gasteiger partial charge in [-0.2, -0.15) is 0 Å². The minimum absolute atomic E-state index is 0.0993. The summed E-state index contributed by atoms with van der Waals surface area (Å²) in [5.74, 6) is -0.388. The van der Waals surface area contributed by atoms with Crippen LogP contribution in [-0.2, 0) is 9.59 Å². The molecular weight excluding hydrogens is 614 g/mol. The average Bonchev–Trinajstić information content (AvgIpc) is 3.00. The number of amides is 3. The van der Waals surface area contributed by atoms with Gasteiger partial charge < -0.3 is 20.7 Å². The molecular formula is C33H30BrN3O4S. The SMILES string of the molecule is CCOc1ccccc1NC(=O)C(C)Sc1ccc(NC(=O)/C(=C/c2ccc(Br)cc2)NC(=O)c2ccccc2)cc1. The molecule has 7 nitrogen and oxygen atoms in total. The van der Waals surface area contributed by atoms with Crippen LogP contribution in [0, 0.1) is 0 Å². The molecule has 4 aromatic carbocycles. The number of carbonyl (C=O) groups excluding carboxylic acids is 3. The lowest BCUT2D eigenvalue weighted by Gasteiger charge is -2.15. The van der Waals surface area contributed by atoms with Crippen LogP contribution in [0.5, 0.6) is 5.75 Å². The Morgan fingerprint density at radius 3 is 2.21 bits per heavy atom. The first-order valence-corrected chi connectivity index (χ1v) is 14.9. The van der Waals surface area contributed by atoms with Gasteiger partial charge in [0.25, 0.3) is 11.8 Å². The zero-order chi connectivity index (χ0) is 29.9. The van der Waals surface area contributed by atoms with Gasteiger partial charge in [0, 0.05) is 20.6 Å². The Morgan fingerprint density at radius 1 is 0.857 bits per heavy atom. The molecule has 0 saturated heterocycles. The second-order valence-corrected chi connectivity index (χ2v) is 11.4. The minimum Gasteiger partial charge on any atom is -0.492 e. The molecule has 214 valence electrons. The maximum Gasteiger partial charge on any atom is 0.272 e. The summed E-state index contributed by atoms with van der Waals surface area (Å²) in [5, 5.41) is 8.14. The van der Waals surface area contributed by atoms with E-state index in [1.54, 1.807) is 48.5 Å². The first-order chi connectivity index (χ1) is 20.3. The molecule has 0 saturated carbocycles. The Hall–Kier alpha value is -4.34. The van der Waals surface area contributed by atoms with Crippen LogP contribution in [-0.4, -0.2) is 29.6 Å². The molecule has 0 fully saturated rings. The fourth-order valence-electron chi connectivity index (χ4n) is 3.83. The summed E-state index contributed by atoms with van der Waals surface area (Å²) in [7, 11) is 0. The predicted molar refractivity (Wildman–Crippen MR) is 173 cm³/mol. The molecule has 0 bridgehead atoms. The van der Waals surface area contributed by atoms with Crippen molar-refractivity contribution in [3.05, 3.63) is 124 Å². The Bertz CT molecular complexity index is 1560. The molecule has 0 radical (unpaired) electrons. The van der Waals surface area contributed by atoms with E-state index < -0.39 is 11.8 Å². The highest BCUT2D eigenvalue weighted by Crippen LogP contribution is 2.28. The van der Waals surface area contributed by atoms with Crippen LogP contribution in [0.4, 0.5) is 11.4 Å². The molecule has 3 amide bonds. The number of halogens is 1.